The van der Waals surface area contributed by atoms with Crippen LogP contribution in [0.2, 0.25) is 6.32 Å². The number of rotatable bonds is 4. The molecule has 17 heavy (non-hydrogen) atoms. The van der Waals surface area contributed by atoms with E-state index in [0.717, 1.165) is 31.0 Å². The fourth-order valence-electron chi connectivity index (χ4n) is 4.51. The quantitative estimate of drug-likeness (QED) is 0.686. The van der Waals surface area contributed by atoms with Gasteiger partial charge in [0.2, 0.25) is 0 Å². The van der Waals surface area contributed by atoms with Crippen molar-refractivity contribution in [1.29, 1.82) is 0 Å². The molecular formula is C14H26BNO. The van der Waals surface area contributed by atoms with E-state index in [1.807, 2.05) is 0 Å². The number of piperidine rings is 1. The van der Waals surface area contributed by atoms with Crippen LogP contribution in [0.4, 0.5) is 0 Å². The van der Waals surface area contributed by atoms with Crippen molar-refractivity contribution in [2.75, 3.05) is 26.3 Å². The van der Waals surface area contributed by atoms with Crippen LogP contribution in [0, 0.1) is 17.8 Å². The lowest BCUT2D eigenvalue weighted by Crippen LogP contribution is -2.70. The van der Waals surface area contributed by atoms with Crippen LogP contribution in [0.15, 0.2) is 0 Å². The maximum atomic E-state index is 5.64. The number of nitrogens with zero attached hydrogens (tertiary/aromatic N) is 1. The third-order valence-electron chi connectivity index (χ3n) is 5.40. The van der Waals surface area contributed by atoms with Gasteiger partial charge in [-0.15, -0.1) is 0 Å². The molecule has 2 heterocycles. The van der Waals surface area contributed by atoms with Gasteiger partial charge in [-0.3, -0.25) is 4.90 Å². The molecule has 2 nitrogen and oxygen atoms in total. The fourth-order valence-corrected chi connectivity index (χ4v) is 4.51. The summed E-state index contributed by atoms with van der Waals surface area (Å²) in [6.45, 7) is 6.88. The van der Waals surface area contributed by atoms with Gasteiger partial charge in [-0.2, -0.15) is 0 Å². The summed E-state index contributed by atoms with van der Waals surface area (Å²) in [4.78, 5) is 2.74. The van der Waals surface area contributed by atoms with E-state index in [1.165, 1.54) is 45.1 Å². The highest BCUT2D eigenvalue weighted by Crippen LogP contribution is 2.54. The van der Waals surface area contributed by atoms with Gasteiger partial charge in [-0.1, -0.05) is 19.7 Å². The topological polar surface area (TPSA) is 12.5 Å². The first kappa shape index (κ1) is 12.0. The highest BCUT2D eigenvalue weighted by atomic mass is 16.5. The molecule has 2 aliphatic heterocycles. The van der Waals surface area contributed by atoms with Gasteiger partial charge < -0.3 is 4.74 Å². The molecule has 0 N–H and O–H groups in total. The van der Waals surface area contributed by atoms with Crippen molar-refractivity contribution in [3.05, 3.63) is 0 Å². The molecular weight excluding hydrogens is 209 g/mol. The first-order valence-corrected chi connectivity index (χ1v) is 7.64. The second-order valence-electron chi connectivity index (χ2n) is 6.38. The zero-order valence-electron chi connectivity index (χ0n) is 11.5. The van der Waals surface area contributed by atoms with Crippen LogP contribution < -0.4 is 0 Å². The average molecular weight is 235 g/mol. The lowest BCUT2D eigenvalue weighted by Gasteiger charge is -2.59. The van der Waals surface area contributed by atoms with Crippen LogP contribution in [0.3, 0.4) is 0 Å². The van der Waals surface area contributed by atoms with Gasteiger partial charge in [0.25, 0.3) is 0 Å². The molecule has 0 aromatic heterocycles. The van der Waals surface area contributed by atoms with Crippen LogP contribution in [-0.2, 0) is 4.74 Å². The summed E-state index contributed by atoms with van der Waals surface area (Å²) in [6, 6.07) is 0. The van der Waals surface area contributed by atoms with E-state index in [1.54, 1.807) is 0 Å². The van der Waals surface area contributed by atoms with Crippen LogP contribution in [-0.4, -0.2) is 44.6 Å². The molecule has 0 amide bonds. The Morgan fingerprint density at radius 2 is 2.06 bits per heavy atom. The highest BCUT2D eigenvalue weighted by molar-refractivity contribution is 6.08. The number of likely N-dealkylation sites (tertiary alicyclic amines) is 1. The summed E-state index contributed by atoms with van der Waals surface area (Å²) in [5.74, 6) is 2.97. The third kappa shape index (κ3) is 1.86. The van der Waals surface area contributed by atoms with Gasteiger partial charge in [0.1, 0.15) is 7.85 Å². The Labute approximate surface area is 106 Å². The Hall–Kier alpha value is -0.0151. The second kappa shape index (κ2) is 4.58. The zero-order chi connectivity index (χ0) is 11.9. The Morgan fingerprint density at radius 3 is 2.53 bits per heavy atom. The molecule has 3 heteroatoms. The molecule has 0 bridgehead atoms. The van der Waals surface area contributed by atoms with Gasteiger partial charge in [0, 0.05) is 0 Å². The largest absolute Gasteiger partial charge is 0.377 e. The monoisotopic (exact) mass is 235 g/mol. The molecule has 96 valence electrons. The van der Waals surface area contributed by atoms with E-state index in [0.29, 0.717) is 5.54 Å². The molecule has 1 spiro atoms. The van der Waals surface area contributed by atoms with Crippen molar-refractivity contribution in [2.24, 2.45) is 17.8 Å². The fraction of sp³-hybridized carbons (Fsp3) is 1.00. The Balaban J connectivity index is 1.82. The Kier molecular flexibility index (Phi) is 3.25. The lowest BCUT2D eigenvalue weighted by atomic mass is 9.64. The van der Waals surface area contributed by atoms with E-state index in [4.69, 9.17) is 4.74 Å². The third-order valence-corrected chi connectivity index (χ3v) is 5.40. The van der Waals surface area contributed by atoms with Crippen molar-refractivity contribution in [2.45, 2.75) is 44.5 Å². The van der Waals surface area contributed by atoms with E-state index in [-0.39, 0.29) is 0 Å². The van der Waals surface area contributed by atoms with Crippen molar-refractivity contribution in [1.82, 2.24) is 4.90 Å². The second-order valence-corrected chi connectivity index (χ2v) is 6.38. The van der Waals surface area contributed by atoms with E-state index in [9.17, 15) is 0 Å². The van der Waals surface area contributed by atoms with Crippen LogP contribution in [0.25, 0.3) is 0 Å². The molecule has 1 saturated carbocycles. The number of hydrogen-bond donors (Lipinski definition) is 0. The molecule has 2 saturated heterocycles. The van der Waals surface area contributed by atoms with Crippen LogP contribution in [0.1, 0.15) is 32.6 Å². The van der Waals surface area contributed by atoms with Crippen molar-refractivity contribution >= 4 is 7.85 Å². The lowest BCUT2D eigenvalue weighted by molar-refractivity contribution is -0.201. The summed E-state index contributed by atoms with van der Waals surface area (Å²) in [6.07, 6.45) is 7.22. The first-order valence-electron chi connectivity index (χ1n) is 7.64. The minimum Gasteiger partial charge on any atom is -0.377 e. The molecule has 3 rings (SSSR count). The summed E-state index contributed by atoms with van der Waals surface area (Å²) in [5.41, 5.74) is 0.452. The van der Waals surface area contributed by atoms with Crippen molar-refractivity contribution in [3.63, 3.8) is 0 Å². The maximum Gasteiger partial charge on any atom is 0.101 e. The molecule has 2 atom stereocenters. The SMILES string of the molecule is BCCC1CCN(CC)C2(COC2)C1C1CC1. The molecule has 1 aliphatic carbocycles. The van der Waals surface area contributed by atoms with Crippen LogP contribution >= 0.6 is 0 Å². The van der Waals surface area contributed by atoms with Gasteiger partial charge in [0.05, 0.1) is 18.8 Å². The molecule has 2 unspecified atom stereocenters. The smallest absolute Gasteiger partial charge is 0.101 e. The summed E-state index contributed by atoms with van der Waals surface area (Å²) in [7, 11) is 2.35. The zero-order valence-corrected chi connectivity index (χ0v) is 11.5. The van der Waals surface area contributed by atoms with E-state index >= 15 is 0 Å². The van der Waals surface area contributed by atoms with Crippen molar-refractivity contribution < 1.29 is 4.74 Å². The maximum absolute atomic E-state index is 5.64. The minimum atomic E-state index is 0.452. The normalized spacial score (nSPS) is 37.0. The number of hydrogen-bond acceptors (Lipinski definition) is 2. The number of ether oxygens (including phenoxy) is 1. The predicted molar refractivity (Wildman–Crippen MR) is 73.1 cm³/mol. The standard InChI is InChI=1S/C14H26BNO/c1-2-16-8-6-12(5-7-15)13(11-3-4-11)14(16)9-17-10-14/h11-13H,2-10,15H2,1H3. The summed E-state index contributed by atoms with van der Waals surface area (Å²) >= 11 is 0. The summed E-state index contributed by atoms with van der Waals surface area (Å²) in [5, 5.41) is 0. The minimum absolute atomic E-state index is 0.452. The van der Waals surface area contributed by atoms with Crippen LogP contribution in [0.5, 0.6) is 0 Å². The molecule has 3 aliphatic rings. The van der Waals surface area contributed by atoms with Crippen molar-refractivity contribution in [3.8, 4) is 0 Å². The Morgan fingerprint density at radius 1 is 1.29 bits per heavy atom. The van der Waals surface area contributed by atoms with Gasteiger partial charge >= 0.3 is 0 Å². The van der Waals surface area contributed by atoms with E-state index < -0.39 is 0 Å². The molecule has 3 fully saturated rings. The molecule has 0 aromatic carbocycles. The highest BCUT2D eigenvalue weighted by Gasteiger charge is 2.58. The molecule has 0 radical (unpaired) electrons. The first-order chi connectivity index (χ1) is 8.31. The molecule has 0 aromatic rings. The number of likely N-dealkylation sites (N-methyl/N-ethyl adjacent to an activating group) is 1. The Bertz CT molecular complexity index is 275. The average Bonchev–Trinajstić information content (AvgIpc) is 3.10. The van der Waals surface area contributed by atoms with Gasteiger partial charge in [-0.25, -0.2) is 0 Å². The van der Waals surface area contributed by atoms with Gasteiger partial charge in [0.15, 0.2) is 0 Å². The summed E-state index contributed by atoms with van der Waals surface area (Å²) < 4.78 is 5.64. The van der Waals surface area contributed by atoms with E-state index in [2.05, 4.69) is 19.7 Å². The predicted octanol–water partition coefficient (Wildman–Crippen LogP) is 1.56. The van der Waals surface area contributed by atoms with Gasteiger partial charge in [-0.05, 0) is 50.1 Å².